The molecular formula is C7H4F3I. The normalized spacial score (nSPS) is 11.6. The Morgan fingerprint density at radius 3 is 2.00 bits per heavy atom. The van der Waals surface area contributed by atoms with Crippen LogP contribution in [0.4, 0.5) is 13.2 Å². The van der Waals surface area contributed by atoms with E-state index in [4.69, 9.17) is 0 Å². The summed E-state index contributed by atoms with van der Waals surface area (Å²) in [6, 6.07) is 5.47. The summed E-state index contributed by atoms with van der Waals surface area (Å²) in [5, 5.41) is 0. The van der Waals surface area contributed by atoms with Gasteiger partial charge < -0.3 is 0 Å². The van der Waals surface area contributed by atoms with Gasteiger partial charge in [0.05, 0.1) is 5.56 Å². The van der Waals surface area contributed by atoms with Crippen LogP contribution in [0.5, 0.6) is 0 Å². The third kappa shape index (κ3) is 2.08. The highest BCUT2D eigenvalue weighted by molar-refractivity contribution is 14.1. The smallest absolute Gasteiger partial charge is 0.166 e. The van der Waals surface area contributed by atoms with E-state index in [1.807, 2.05) is 0 Å². The second-order valence-corrected chi connectivity index (χ2v) is 3.14. The van der Waals surface area contributed by atoms with Crippen LogP contribution in [0.3, 0.4) is 0 Å². The Morgan fingerprint density at radius 1 is 1.09 bits per heavy atom. The molecule has 11 heavy (non-hydrogen) atoms. The van der Waals surface area contributed by atoms with Crippen molar-refractivity contribution in [2.24, 2.45) is 0 Å². The number of hydrogen-bond acceptors (Lipinski definition) is 0. The van der Waals surface area contributed by atoms with Crippen LogP contribution in [0, 0.1) is 3.57 Å². The molecule has 0 atom stereocenters. The molecular weight excluding hydrogens is 268 g/mol. The molecule has 0 aliphatic carbocycles. The Morgan fingerprint density at radius 2 is 1.64 bits per heavy atom. The molecule has 0 unspecified atom stereocenters. The number of benzene rings is 1. The lowest BCUT2D eigenvalue weighted by molar-refractivity contribution is -0.138. The number of hydrogen-bond donors (Lipinski definition) is 0. The fourth-order valence-corrected chi connectivity index (χ4v) is 1.38. The lowest BCUT2D eigenvalue weighted by Gasteiger charge is -2.07. The largest absolute Gasteiger partial charge is 0.417 e. The molecule has 0 heterocycles. The van der Waals surface area contributed by atoms with Crippen LogP contribution in [-0.4, -0.2) is 0 Å². The Balaban J connectivity index is 3.14. The molecule has 0 radical (unpaired) electrons. The first-order chi connectivity index (χ1) is 5.02. The van der Waals surface area contributed by atoms with Gasteiger partial charge in [-0.15, -0.1) is 0 Å². The minimum atomic E-state index is -4.22. The molecule has 0 amide bonds. The van der Waals surface area contributed by atoms with Crippen molar-refractivity contribution in [1.82, 2.24) is 0 Å². The van der Waals surface area contributed by atoms with E-state index >= 15 is 0 Å². The summed E-state index contributed by atoms with van der Waals surface area (Å²) in [6.45, 7) is 0. The van der Waals surface area contributed by atoms with Gasteiger partial charge in [-0.2, -0.15) is 13.2 Å². The molecule has 0 nitrogen and oxygen atoms in total. The van der Waals surface area contributed by atoms with Gasteiger partial charge in [0.25, 0.3) is 0 Å². The molecule has 0 aromatic heterocycles. The van der Waals surface area contributed by atoms with Gasteiger partial charge in [0.1, 0.15) is 0 Å². The van der Waals surface area contributed by atoms with E-state index in [1.165, 1.54) is 12.1 Å². The molecule has 0 aliphatic heterocycles. The van der Waals surface area contributed by atoms with Crippen molar-refractivity contribution < 1.29 is 13.2 Å². The summed E-state index contributed by atoms with van der Waals surface area (Å²) in [7, 11) is 0. The minimum absolute atomic E-state index is 0.234. The molecule has 4 heteroatoms. The van der Waals surface area contributed by atoms with E-state index in [2.05, 4.69) is 0 Å². The second kappa shape index (κ2) is 3.00. The zero-order valence-electron chi connectivity index (χ0n) is 5.32. The second-order valence-electron chi connectivity index (χ2n) is 1.98. The average molecular weight is 272 g/mol. The molecule has 0 spiro atoms. The van der Waals surface area contributed by atoms with Gasteiger partial charge in [-0.25, -0.2) is 0 Å². The Labute approximate surface area is 75.6 Å². The van der Waals surface area contributed by atoms with Gasteiger partial charge in [0.2, 0.25) is 0 Å². The van der Waals surface area contributed by atoms with E-state index < -0.39 is 11.7 Å². The fourth-order valence-electron chi connectivity index (χ4n) is 0.691. The maximum atomic E-state index is 12.0. The quantitative estimate of drug-likeness (QED) is 0.635. The summed E-state index contributed by atoms with van der Waals surface area (Å²) < 4.78 is 36.4. The lowest BCUT2D eigenvalue weighted by Crippen LogP contribution is -2.06. The Hall–Kier alpha value is -0.260. The summed E-state index contributed by atoms with van der Waals surface area (Å²) >= 11 is 1.67. The van der Waals surface area contributed by atoms with Gasteiger partial charge >= 0.3 is 6.18 Å². The highest BCUT2D eigenvalue weighted by atomic mass is 127. The molecule has 0 fully saturated rings. The first kappa shape index (κ1) is 8.83. The molecule has 0 saturated carbocycles. The molecule has 0 saturated heterocycles. The number of alkyl halides is 3. The summed E-state index contributed by atoms with van der Waals surface area (Å²) in [6.07, 6.45) is -4.22. The van der Waals surface area contributed by atoms with E-state index in [-0.39, 0.29) is 3.57 Å². The third-order valence-electron chi connectivity index (χ3n) is 1.18. The Kier molecular flexibility index (Phi) is 2.41. The van der Waals surface area contributed by atoms with Crippen LogP contribution in [0.25, 0.3) is 0 Å². The van der Waals surface area contributed by atoms with E-state index in [0.717, 1.165) is 6.07 Å². The van der Waals surface area contributed by atoms with Crippen molar-refractivity contribution in [3.05, 3.63) is 33.4 Å². The zero-order valence-corrected chi connectivity index (χ0v) is 7.48. The van der Waals surface area contributed by atoms with Crippen LogP contribution >= 0.6 is 22.6 Å². The first-order valence-corrected chi connectivity index (χ1v) is 3.91. The van der Waals surface area contributed by atoms with Crippen molar-refractivity contribution in [3.8, 4) is 0 Å². The van der Waals surface area contributed by atoms with Gasteiger partial charge in [0, 0.05) is 3.57 Å². The highest BCUT2D eigenvalue weighted by Crippen LogP contribution is 2.32. The van der Waals surface area contributed by atoms with E-state index in [0.29, 0.717) is 0 Å². The van der Waals surface area contributed by atoms with Crippen molar-refractivity contribution in [2.75, 3.05) is 0 Å². The fraction of sp³-hybridized carbons (Fsp3) is 0.143. The highest BCUT2D eigenvalue weighted by Gasteiger charge is 2.32. The lowest BCUT2D eigenvalue weighted by atomic mass is 10.2. The van der Waals surface area contributed by atoms with Crippen molar-refractivity contribution >= 4 is 22.6 Å². The van der Waals surface area contributed by atoms with Crippen LogP contribution in [0.15, 0.2) is 24.3 Å². The molecule has 1 aromatic carbocycles. The third-order valence-corrected chi connectivity index (χ3v) is 2.12. The predicted octanol–water partition coefficient (Wildman–Crippen LogP) is 3.31. The topological polar surface area (TPSA) is 0 Å². The molecule has 1 rings (SSSR count). The molecule has 0 bridgehead atoms. The standard InChI is InChI=1S/C7H4F3I/c8-7(9,10)5-3-1-2-4-6(5)11/h1-4H. The van der Waals surface area contributed by atoms with E-state index in [1.54, 1.807) is 28.7 Å². The summed E-state index contributed by atoms with van der Waals surface area (Å²) in [5.74, 6) is 0. The van der Waals surface area contributed by atoms with Gasteiger partial charge in [0.15, 0.2) is 0 Å². The van der Waals surface area contributed by atoms with Crippen LogP contribution in [0.1, 0.15) is 5.56 Å². The molecule has 0 N–H and O–H groups in total. The predicted molar refractivity (Wildman–Crippen MR) is 44.2 cm³/mol. The van der Waals surface area contributed by atoms with Crippen LogP contribution < -0.4 is 0 Å². The minimum Gasteiger partial charge on any atom is -0.166 e. The van der Waals surface area contributed by atoms with Crippen LogP contribution in [0.2, 0.25) is 0 Å². The first-order valence-electron chi connectivity index (χ1n) is 2.83. The van der Waals surface area contributed by atoms with E-state index in [9.17, 15) is 13.2 Å². The Bertz CT molecular complexity index is 254. The van der Waals surface area contributed by atoms with Gasteiger partial charge in [-0.3, -0.25) is 0 Å². The molecule has 0 aliphatic rings. The van der Waals surface area contributed by atoms with Crippen molar-refractivity contribution in [1.29, 1.82) is 0 Å². The van der Waals surface area contributed by atoms with Gasteiger partial charge in [-0.1, -0.05) is 12.1 Å². The zero-order chi connectivity index (χ0) is 8.48. The summed E-state index contributed by atoms with van der Waals surface area (Å²) in [5.41, 5.74) is -0.569. The average Bonchev–Trinajstić information content (AvgIpc) is 1.86. The monoisotopic (exact) mass is 272 g/mol. The molecule has 60 valence electrons. The maximum absolute atomic E-state index is 12.0. The SMILES string of the molecule is FC(F)(F)c1ccccc1I. The summed E-state index contributed by atoms with van der Waals surface area (Å²) in [4.78, 5) is 0. The molecule has 1 aromatic rings. The number of halogens is 4. The van der Waals surface area contributed by atoms with Crippen molar-refractivity contribution in [3.63, 3.8) is 0 Å². The van der Waals surface area contributed by atoms with Crippen molar-refractivity contribution in [2.45, 2.75) is 6.18 Å². The maximum Gasteiger partial charge on any atom is 0.417 e. The van der Waals surface area contributed by atoms with Crippen LogP contribution in [-0.2, 0) is 6.18 Å². The van der Waals surface area contributed by atoms with Gasteiger partial charge in [-0.05, 0) is 34.7 Å². The number of rotatable bonds is 0.